The Balaban J connectivity index is 1.59. The van der Waals surface area contributed by atoms with Gasteiger partial charge in [-0.05, 0) is 45.0 Å². The van der Waals surface area contributed by atoms with Crippen LogP contribution < -0.4 is 14.2 Å². The van der Waals surface area contributed by atoms with E-state index in [0.29, 0.717) is 39.6 Å². The molecular weight excluding hydrogens is 344 g/mol. The minimum atomic E-state index is 0.231. The Hall–Kier alpha value is -2.24. The number of ether oxygens (including phenoxy) is 5. The van der Waals surface area contributed by atoms with Crippen molar-refractivity contribution in [3.63, 3.8) is 0 Å². The molecule has 27 heavy (non-hydrogen) atoms. The first-order valence-electron chi connectivity index (χ1n) is 9.38. The molecule has 0 atom stereocenters. The second-order valence-corrected chi connectivity index (χ2v) is 6.37. The monoisotopic (exact) mass is 374 g/mol. The van der Waals surface area contributed by atoms with Crippen molar-refractivity contribution in [1.82, 2.24) is 0 Å². The molecule has 2 aromatic carbocycles. The highest BCUT2D eigenvalue weighted by atomic mass is 16.5. The van der Waals surface area contributed by atoms with Gasteiger partial charge in [-0.2, -0.15) is 0 Å². The zero-order valence-electron chi connectivity index (χ0n) is 16.5. The number of hydrogen-bond donors (Lipinski definition) is 0. The summed E-state index contributed by atoms with van der Waals surface area (Å²) in [6.07, 6.45) is 0.231. The fourth-order valence-corrected chi connectivity index (χ4v) is 2.27. The van der Waals surface area contributed by atoms with Crippen LogP contribution in [0.5, 0.6) is 17.2 Å². The van der Waals surface area contributed by atoms with Crippen LogP contribution in [0.2, 0.25) is 0 Å². The Bertz CT molecular complexity index is 639. The minimum absolute atomic E-state index is 0.231. The molecule has 148 valence electrons. The molecule has 0 saturated carbocycles. The fraction of sp³-hybridized carbons (Fsp3) is 0.455. The van der Waals surface area contributed by atoms with Crippen molar-refractivity contribution in [1.29, 1.82) is 0 Å². The van der Waals surface area contributed by atoms with Gasteiger partial charge in [-0.25, -0.2) is 0 Å². The molecule has 0 amide bonds. The lowest BCUT2D eigenvalue weighted by atomic mass is 10.2. The highest BCUT2D eigenvalue weighted by molar-refractivity contribution is 5.33. The summed E-state index contributed by atoms with van der Waals surface area (Å²) in [6, 6.07) is 15.5. The molecule has 0 aliphatic rings. The van der Waals surface area contributed by atoms with Gasteiger partial charge in [0, 0.05) is 6.07 Å². The van der Waals surface area contributed by atoms with Crippen molar-refractivity contribution in [2.45, 2.75) is 26.9 Å². The third-order valence-electron chi connectivity index (χ3n) is 3.62. The molecule has 0 aliphatic carbocycles. The fourth-order valence-electron chi connectivity index (χ4n) is 2.27. The van der Waals surface area contributed by atoms with Crippen LogP contribution in [0.4, 0.5) is 0 Å². The molecule has 5 heteroatoms. The topological polar surface area (TPSA) is 46.2 Å². The lowest BCUT2D eigenvalue weighted by Crippen LogP contribution is -2.13. The molecule has 0 fully saturated rings. The second-order valence-electron chi connectivity index (χ2n) is 6.37. The summed E-state index contributed by atoms with van der Waals surface area (Å²) in [5.41, 5.74) is 1.21. The van der Waals surface area contributed by atoms with Crippen LogP contribution in [-0.4, -0.2) is 45.7 Å². The van der Waals surface area contributed by atoms with Crippen molar-refractivity contribution in [3.8, 4) is 17.2 Å². The molecule has 0 unspecified atom stereocenters. The van der Waals surface area contributed by atoms with Crippen molar-refractivity contribution < 1.29 is 23.7 Å². The number of aryl methyl sites for hydroxylation is 1. The number of rotatable bonds is 13. The summed E-state index contributed by atoms with van der Waals surface area (Å²) in [7, 11) is 0. The third kappa shape index (κ3) is 9.31. The van der Waals surface area contributed by atoms with Gasteiger partial charge in [0.2, 0.25) is 0 Å². The van der Waals surface area contributed by atoms with Gasteiger partial charge in [0.25, 0.3) is 0 Å². The van der Waals surface area contributed by atoms with Crippen molar-refractivity contribution in [3.05, 3.63) is 54.1 Å². The normalized spacial score (nSPS) is 10.8. The van der Waals surface area contributed by atoms with E-state index >= 15 is 0 Å². The van der Waals surface area contributed by atoms with Gasteiger partial charge in [0.05, 0.1) is 25.9 Å². The number of benzene rings is 2. The van der Waals surface area contributed by atoms with E-state index in [4.69, 9.17) is 23.7 Å². The van der Waals surface area contributed by atoms with Crippen LogP contribution in [0.15, 0.2) is 48.5 Å². The first-order valence-corrected chi connectivity index (χ1v) is 9.38. The number of hydrogen-bond acceptors (Lipinski definition) is 5. The van der Waals surface area contributed by atoms with Crippen LogP contribution >= 0.6 is 0 Å². The Morgan fingerprint density at radius 3 is 1.85 bits per heavy atom. The molecule has 2 aromatic rings. The maximum atomic E-state index is 5.72. The van der Waals surface area contributed by atoms with Crippen LogP contribution in [0, 0.1) is 6.92 Å². The lowest BCUT2D eigenvalue weighted by Gasteiger charge is -2.11. The maximum absolute atomic E-state index is 5.72. The molecule has 0 aliphatic heterocycles. The SMILES string of the molecule is Cc1ccc(OCCOc2cccc(OCCOCCOC(C)C)c2)cc1. The Morgan fingerprint density at radius 1 is 0.667 bits per heavy atom. The van der Waals surface area contributed by atoms with E-state index in [-0.39, 0.29) is 6.10 Å². The van der Waals surface area contributed by atoms with Crippen molar-refractivity contribution in [2.24, 2.45) is 0 Å². The van der Waals surface area contributed by atoms with Gasteiger partial charge in [0.1, 0.15) is 37.1 Å². The van der Waals surface area contributed by atoms with Gasteiger partial charge < -0.3 is 23.7 Å². The van der Waals surface area contributed by atoms with E-state index in [1.54, 1.807) is 0 Å². The van der Waals surface area contributed by atoms with Crippen LogP contribution in [0.1, 0.15) is 19.4 Å². The quantitative estimate of drug-likeness (QED) is 0.490. The third-order valence-corrected chi connectivity index (χ3v) is 3.62. The van der Waals surface area contributed by atoms with Gasteiger partial charge >= 0.3 is 0 Å². The predicted molar refractivity (Wildman–Crippen MR) is 106 cm³/mol. The van der Waals surface area contributed by atoms with Gasteiger partial charge in [0.15, 0.2) is 0 Å². The molecule has 0 saturated heterocycles. The van der Waals surface area contributed by atoms with E-state index in [2.05, 4.69) is 6.92 Å². The zero-order valence-corrected chi connectivity index (χ0v) is 16.5. The van der Waals surface area contributed by atoms with Crippen LogP contribution in [-0.2, 0) is 9.47 Å². The molecule has 2 rings (SSSR count). The summed E-state index contributed by atoms with van der Waals surface area (Å²) in [4.78, 5) is 0. The highest BCUT2D eigenvalue weighted by Crippen LogP contribution is 2.19. The average Bonchev–Trinajstić information content (AvgIpc) is 2.66. The van der Waals surface area contributed by atoms with E-state index in [1.165, 1.54) is 5.56 Å². The molecule has 0 radical (unpaired) electrons. The molecule has 0 heterocycles. The van der Waals surface area contributed by atoms with E-state index in [1.807, 2.05) is 62.4 Å². The predicted octanol–water partition coefficient (Wildman–Crippen LogP) is 4.27. The summed E-state index contributed by atoms with van der Waals surface area (Å²) >= 11 is 0. The van der Waals surface area contributed by atoms with Gasteiger partial charge in [-0.15, -0.1) is 0 Å². The summed E-state index contributed by atoms with van der Waals surface area (Å²) < 4.78 is 27.9. The highest BCUT2D eigenvalue weighted by Gasteiger charge is 2.00. The molecule has 0 aromatic heterocycles. The lowest BCUT2D eigenvalue weighted by molar-refractivity contribution is 0.0124. The zero-order chi connectivity index (χ0) is 19.3. The molecule has 5 nitrogen and oxygen atoms in total. The van der Waals surface area contributed by atoms with E-state index in [0.717, 1.165) is 17.2 Å². The summed E-state index contributed by atoms with van der Waals surface area (Å²) in [6.45, 7) is 9.21. The molecular formula is C22H30O5. The Labute approximate surface area is 162 Å². The van der Waals surface area contributed by atoms with Gasteiger partial charge in [-0.1, -0.05) is 23.8 Å². The Morgan fingerprint density at radius 2 is 1.22 bits per heavy atom. The first-order chi connectivity index (χ1) is 13.1. The first kappa shape index (κ1) is 21.1. The minimum Gasteiger partial charge on any atom is -0.491 e. The van der Waals surface area contributed by atoms with Crippen molar-refractivity contribution in [2.75, 3.05) is 39.6 Å². The Kier molecular flexibility index (Phi) is 9.52. The summed E-state index contributed by atoms with van der Waals surface area (Å²) in [5, 5.41) is 0. The van der Waals surface area contributed by atoms with Crippen LogP contribution in [0.25, 0.3) is 0 Å². The van der Waals surface area contributed by atoms with E-state index in [9.17, 15) is 0 Å². The van der Waals surface area contributed by atoms with E-state index < -0.39 is 0 Å². The maximum Gasteiger partial charge on any atom is 0.123 e. The second kappa shape index (κ2) is 12.2. The van der Waals surface area contributed by atoms with Crippen LogP contribution in [0.3, 0.4) is 0 Å². The smallest absolute Gasteiger partial charge is 0.123 e. The van der Waals surface area contributed by atoms with Gasteiger partial charge in [-0.3, -0.25) is 0 Å². The standard InChI is InChI=1S/C22H30O5/c1-18(2)24-13-11-23-12-14-26-21-5-4-6-22(17-21)27-16-15-25-20-9-7-19(3)8-10-20/h4-10,17-18H,11-16H2,1-3H3. The molecule has 0 N–H and O–H groups in total. The summed E-state index contributed by atoms with van der Waals surface area (Å²) in [5.74, 6) is 2.36. The average molecular weight is 374 g/mol. The largest absolute Gasteiger partial charge is 0.491 e. The van der Waals surface area contributed by atoms with Crippen molar-refractivity contribution >= 4 is 0 Å². The molecule has 0 spiro atoms. The molecule has 0 bridgehead atoms.